The number of carboxylic acid groups (broad SMARTS) is 2. The van der Waals surface area contributed by atoms with Crippen molar-refractivity contribution in [1.82, 2.24) is 83.0 Å². The fraction of sp³-hybridized carbons (Fsp3) is 0.412. The number of cyclic esters (lactones) is 1. The number of nitrogens with zero attached hydrogens (tertiary/aromatic N) is 6. The number of ether oxygens (including phenoxy) is 5. The number of aromatic nitrogens is 5. The number of alkyl halides is 3. The monoisotopic (exact) mass is 1860 g/mol. The van der Waals surface area contributed by atoms with Crippen molar-refractivity contribution in [2.45, 2.75) is 153 Å². The van der Waals surface area contributed by atoms with E-state index >= 15 is 0 Å². The number of aliphatic carboxylic acids is 2. The van der Waals surface area contributed by atoms with Crippen molar-refractivity contribution < 1.29 is 124 Å². The van der Waals surface area contributed by atoms with E-state index in [1.165, 1.54) is 28.6 Å². The molecule has 3 aliphatic heterocycles. The summed E-state index contributed by atoms with van der Waals surface area (Å²) in [7, 11) is 0. The van der Waals surface area contributed by atoms with E-state index in [1.807, 2.05) is 24.3 Å². The number of fused-ring (bicyclic) bond motifs is 5. The summed E-state index contributed by atoms with van der Waals surface area (Å²) in [5, 5.41) is 79.4. The summed E-state index contributed by atoms with van der Waals surface area (Å²) < 4.78 is 62.0. The number of aliphatic hydroxyl groups is 1. The van der Waals surface area contributed by atoms with Crippen LogP contribution in [-0.2, 0) is 133 Å². The van der Waals surface area contributed by atoms with Crippen LogP contribution in [0.1, 0.15) is 114 Å². The summed E-state index contributed by atoms with van der Waals surface area (Å²) in [4.78, 5) is 204. The maximum absolute atomic E-state index is 14.3. The number of oxime groups is 1. The molecule has 7 atom stereocenters. The van der Waals surface area contributed by atoms with E-state index in [1.54, 1.807) is 91.9 Å². The Morgan fingerprint density at radius 1 is 0.707 bits per heavy atom. The van der Waals surface area contributed by atoms with E-state index in [0.29, 0.717) is 56.0 Å². The number of para-hydroxylation sites is 1. The number of carboxylic acids is 2. The first kappa shape index (κ1) is 102. The SMILES string of the molecule is CC[C@@]1(O)C(=O)OCc2c1cc1n(c2=O)Cc2c-1nc1ccccc1c2/C=N/OCCNC(=O)OCc1ccc(NC(=O)[C@H](CCCNC(N)=O)NC(=O)[C@H](C)NC(=O)c2cn(CCOCCOCCOCCC(=O)NCc3ccc(C[C@@H]4NC(=O)[C@@H](Cc5ccccc5)NC(=O)[C@H](CC(=O)O)NC(=O)CNC(=O)[C@H](CCCNC(=N)N)NC4=O)cc3)nn2)cc1.O=C(O)C(F)(F)F. The average Bonchev–Trinajstić information content (AvgIpc) is 1.58. The molecule has 20 N–H and O–H groups in total. The molecule has 4 aromatic carbocycles. The van der Waals surface area contributed by atoms with Crippen molar-refractivity contribution in [3.05, 3.63) is 176 Å². The molecular formula is C85H102F3N21O24. The van der Waals surface area contributed by atoms with Crippen LogP contribution >= 0.6 is 0 Å². The van der Waals surface area contributed by atoms with E-state index in [2.05, 4.69) is 79.3 Å². The number of guanidine groups is 1. The Hall–Kier alpha value is -15.1. The topological polar surface area (TPSA) is 653 Å². The van der Waals surface area contributed by atoms with Gasteiger partial charge in [0, 0.05) is 66.7 Å². The second-order valence-electron chi connectivity index (χ2n) is 30.3. The molecule has 3 aromatic heterocycles. The molecule has 3 aliphatic rings. The molecule has 0 unspecified atom stereocenters. The molecule has 0 bridgehead atoms. The van der Waals surface area contributed by atoms with Gasteiger partial charge in [0.1, 0.15) is 56.1 Å². The first-order chi connectivity index (χ1) is 63.6. The van der Waals surface area contributed by atoms with Gasteiger partial charge in [-0.15, -0.1) is 5.10 Å². The Morgan fingerprint density at radius 3 is 1.99 bits per heavy atom. The first-order valence-electron chi connectivity index (χ1n) is 41.9. The molecule has 0 saturated carbocycles. The Morgan fingerprint density at radius 2 is 1.33 bits per heavy atom. The number of hydrogen-bond donors (Lipinski definition) is 18. The number of pyridine rings is 2. The molecule has 7 aromatic rings. The van der Waals surface area contributed by atoms with Gasteiger partial charge in [0.15, 0.2) is 17.3 Å². The van der Waals surface area contributed by atoms with Crippen molar-refractivity contribution in [2.24, 2.45) is 16.6 Å². The van der Waals surface area contributed by atoms with Gasteiger partial charge in [-0.05, 0) is 85.5 Å². The highest BCUT2D eigenvalue weighted by Crippen LogP contribution is 2.40. The molecule has 0 radical (unpaired) electrons. The van der Waals surface area contributed by atoms with Gasteiger partial charge in [-0.25, -0.2) is 28.8 Å². The lowest BCUT2D eigenvalue weighted by atomic mass is 9.86. The van der Waals surface area contributed by atoms with Gasteiger partial charge < -0.3 is 124 Å². The smallest absolute Gasteiger partial charge is 0.481 e. The molecule has 0 aliphatic carbocycles. The van der Waals surface area contributed by atoms with E-state index in [0.717, 1.165) is 5.39 Å². The van der Waals surface area contributed by atoms with Gasteiger partial charge in [-0.2, -0.15) is 13.2 Å². The minimum Gasteiger partial charge on any atom is -0.481 e. The number of amides is 12. The Bertz CT molecular complexity index is 5440. The number of alkyl carbamates (subject to hydrolysis) is 1. The lowest BCUT2D eigenvalue weighted by Crippen LogP contribution is -2.58. The Kier molecular flexibility index (Phi) is 37.9. The lowest BCUT2D eigenvalue weighted by Gasteiger charge is -2.31. The number of anilines is 1. The second-order valence-corrected chi connectivity index (χ2v) is 30.3. The van der Waals surface area contributed by atoms with Crippen LogP contribution in [0.5, 0.6) is 0 Å². The molecule has 0 spiro atoms. The number of nitrogens with one attached hydrogen (secondary N) is 13. The summed E-state index contributed by atoms with van der Waals surface area (Å²) >= 11 is 0. The minimum absolute atomic E-state index is 0.00295. The molecule has 12 amide bonds. The van der Waals surface area contributed by atoms with Crippen LogP contribution in [0.2, 0.25) is 0 Å². The number of halogens is 3. The molecule has 6 heterocycles. The number of nitrogens with two attached hydrogens (primary N) is 2. The van der Waals surface area contributed by atoms with Gasteiger partial charge in [-0.1, -0.05) is 102 Å². The molecule has 48 heteroatoms. The molecule has 1 saturated heterocycles. The highest BCUT2D eigenvalue weighted by atomic mass is 19.4. The number of carbonyl (C=O) groups excluding carboxylic acids is 12. The number of rotatable bonds is 42. The van der Waals surface area contributed by atoms with Crippen LogP contribution in [0.4, 0.5) is 28.4 Å². The largest absolute Gasteiger partial charge is 0.490 e. The Balaban J connectivity index is 0.00000273. The predicted octanol–water partition coefficient (Wildman–Crippen LogP) is -0.380. The van der Waals surface area contributed by atoms with E-state index in [-0.39, 0.29) is 179 Å². The van der Waals surface area contributed by atoms with E-state index in [4.69, 9.17) is 60.3 Å². The zero-order chi connectivity index (χ0) is 96.3. The van der Waals surface area contributed by atoms with Gasteiger partial charge >= 0.3 is 36.2 Å². The number of primary amides is 1. The van der Waals surface area contributed by atoms with Crippen LogP contribution in [0.15, 0.2) is 125 Å². The van der Waals surface area contributed by atoms with Crippen molar-refractivity contribution in [1.29, 1.82) is 5.41 Å². The third-order valence-corrected chi connectivity index (χ3v) is 20.6. The standard InChI is InChI=1S/C83H101N21O22.C2HF3O2/c1-3-83(120)58-39-66-70-56(44-104(66)78(116)57(58)47-124-79(83)117)55(54-13-7-8-14-59(54)96-70)42-92-126-31-28-89-82(119)125-46-52-21-23-53(24-22-52)94-73(111)61(16-10-27-88-81(86)118)97-71(109)48(2)93-77(115)65-45-103(102-101-65)29-32-122-34-36-123-35-33-121-30-25-67(105)90-41-51-19-17-50(18-20-51)38-63-74(112)98-60(15-9-26-87-80(84)85)72(110)91-43-68(106)95-64(40-69(107)108)76(114)100-62(75(113)99-63)37-49-11-5-4-6-12-49;3-2(4,5)1(6)7/h4-8,11-14,17-24,39,42,45,48,60-64,120H,3,9-10,15-16,25-38,40-41,43-44,46-47H2,1-2H3,(H,89,119)(H,90,105)(H,91,110)(H,93,115)(H,94,111)(H,95,106)(H,97,109)(H,98,112)(H,99,113)(H,100,114)(H,107,108)(H4,84,85,87)(H3,86,88,118);(H,6,7)/b92-42+;/t48-,60-,61-,62+,63-,64-,83-;/m0./s1. The van der Waals surface area contributed by atoms with Crippen molar-refractivity contribution in [3.63, 3.8) is 0 Å². The van der Waals surface area contributed by atoms with Crippen LogP contribution in [-0.4, -0.2) is 250 Å². The number of hydrogen-bond acceptors (Lipinski definition) is 27. The molecule has 45 nitrogen and oxygen atoms in total. The van der Waals surface area contributed by atoms with E-state index < -0.39 is 144 Å². The van der Waals surface area contributed by atoms with Crippen molar-refractivity contribution in [2.75, 3.05) is 77.7 Å². The van der Waals surface area contributed by atoms with Crippen LogP contribution in [0.25, 0.3) is 22.3 Å². The first-order valence-corrected chi connectivity index (χ1v) is 41.9. The third kappa shape index (κ3) is 31.1. The quantitative estimate of drug-likeness (QED) is 0.00762. The van der Waals surface area contributed by atoms with Gasteiger partial charge in [0.05, 0.1) is 107 Å². The van der Waals surface area contributed by atoms with Crippen molar-refractivity contribution in [3.8, 4) is 11.4 Å². The van der Waals surface area contributed by atoms with Gasteiger partial charge in [-0.3, -0.25) is 58.1 Å². The lowest BCUT2D eigenvalue weighted by molar-refractivity contribution is -0.192. The summed E-state index contributed by atoms with van der Waals surface area (Å²) in [6.45, 7) is 3.58. The van der Waals surface area contributed by atoms with Crippen molar-refractivity contribution >= 4 is 112 Å². The van der Waals surface area contributed by atoms with Gasteiger partial charge in [0.25, 0.3) is 11.5 Å². The molecule has 712 valence electrons. The van der Waals surface area contributed by atoms with Gasteiger partial charge in [0.2, 0.25) is 47.3 Å². The highest BCUT2D eigenvalue weighted by molar-refractivity contribution is 6.04. The van der Waals surface area contributed by atoms with Crippen LogP contribution in [0, 0.1) is 5.41 Å². The van der Waals surface area contributed by atoms with Crippen LogP contribution in [0.3, 0.4) is 0 Å². The third-order valence-electron chi connectivity index (χ3n) is 20.6. The Labute approximate surface area is 755 Å². The van der Waals surface area contributed by atoms with E-state index in [9.17, 15) is 90.5 Å². The maximum Gasteiger partial charge on any atom is 0.490 e. The zero-order valence-electron chi connectivity index (χ0n) is 72.1. The molecule has 133 heavy (non-hydrogen) atoms. The molecule has 1 fully saturated rings. The normalized spacial score (nSPS) is 17.1. The molecule has 10 rings (SSSR count). The number of carbonyl (C=O) groups is 14. The maximum atomic E-state index is 14.3. The summed E-state index contributed by atoms with van der Waals surface area (Å²) in [5.74, 6) is -12.1. The molecular weight excluding hydrogens is 1760 g/mol. The number of esters is 1. The fourth-order valence-corrected chi connectivity index (χ4v) is 13.6. The summed E-state index contributed by atoms with van der Waals surface area (Å²) in [5.41, 5.74) is 14.1. The summed E-state index contributed by atoms with van der Waals surface area (Å²) in [6, 6.07) is 21.8. The fourth-order valence-electron chi connectivity index (χ4n) is 13.6. The van der Waals surface area contributed by atoms with Crippen LogP contribution < -0.4 is 80.8 Å². The summed E-state index contributed by atoms with van der Waals surface area (Å²) in [6.07, 6.45) is -3.58. The highest BCUT2D eigenvalue weighted by Gasteiger charge is 2.46. The zero-order valence-corrected chi connectivity index (χ0v) is 72.1. The minimum atomic E-state index is -5.08. The predicted molar refractivity (Wildman–Crippen MR) is 462 cm³/mol. The second kappa shape index (κ2) is 49.6. The number of benzene rings is 4. The number of urea groups is 1. The average molecular weight is 1860 g/mol.